The summed E-state index contributed by atoms with van der Waals surface area (Å²) in [7, 11) is 3.38. The lowest BCUT2D eigenvalue weighted by Crippen LogP contribution is -2.19. The molecule has 1 aliphatic rings. The molecule has 1 atom stereocenters. The van der Waals surface area contributed by atoms with Crippen LogP contribution in [-0.2, 0) is 29.4 Å². The minimum absolute atomic E-state index is 0.00616. The first-order valence-corrected chi connectivity index (χ1v) is 5.30. The molecule has 4 heteroatoms. The second-order valence-electron chi connectivity index (χ2n) is 4.06. The number of carbonyl (C=O) groups is 1. The summed E-state index contributed by atoms with van der Waals surface area (Å²) in [5.74, 6) is -0.0873. The van der Waals surface area contributed by atoms with Gasteiger partial charge in [0.1, 0.15) is 0 Å². The van der Waals surface area contributed by atoms with Crippen LogP contribution in [0.3, 0.4) is 0 Å². The Hall–Kier alpha value is -1.32. The van der Waals surface area contributed by atoms with Crippen LogP contribution in [0.25, 0.3) is 0 Å². The molecule has 2 rings (SSSR count). The lowest BCUT2D eigenvalue weighted by molar-refractivity contribution is -0.145. The monoisotopic (exact) mass is 208 g/mol. The number of esters is 1. The summed E-state index contributed by atoms with van der Waals surface area (Å²) < 4.78 is 6.68. The maximum Gasteiger partial charge on any atom is 0.309 e. The van der Waals surface area contributed by atoms with Crippen LogP contribution in [0.1, 0.15) is 24.1 Å². The van der Waals surface area contributed by atoms with Gasteiger partial charge in [0.25, 0.3) is 0 Å². The summed E-state index contributed by atoms with van der Waals surface area (Å²) in [4.78, 5) is 11.5. The van der Waals surface area contributed by atoms with Crippen LogP contribution in [0, 0.1) is 5.92 Å². The normalized spacial score (nSPS) is 20.5. The zero-order chi connectivity index (χ0) is 10.8. The van der Waals surface area contributed by atoms with Gasteiger partial charge >= 0.3 is 5.97 Å². The van der Waals surface area contributed by atoms with Gasteiger partial charge in [-0.1, -0.05) is 0 Å². The van der Waals surface area contributed by atoms with E-state index in [0.29, 0.717) is 0 Å². The van der Waals surface area contributed by atoms with Crippen LogP contribution in [0.2, 0.25) is 0 Å². The van der Waals surface area contributed by atoms with Crippen molar-refractivity contribution in [3.05, 3.63) is 17.5 Å². The number of rotatable bonds is 1. The molecule has 0 aromatic carbocycles. The fraction of sp³-hybridized carbons (Fsp3) is 0.636. The highest BCUT2D eigenvalue weighted by molar-refractivity contribution is 5.72. The molecule has 0 saturated heterocycles. The summed E-state index contributed by atoms with van der Waals surface area (Å²) in [5, 5.41) is 4.22. The largest absolute Gasteiger partial charge is 0.469 e. The smallest absolute Gasteiger partial charge is 0.309 e. The number of hydrogen-bond donors (Lipinski definition) is 0. The maximum atomic E-state index is 11.5. The van der Waals surface area contributed by atoms with Crippen molar-refractivity contribution >= 4 is 5.97 Å². The number of aromatic nitrogens is 2. The molecule has 1 aromatic rings. The highest BCUT2D eigenvalue weighted by Gasteiger charge is 2.25. The fourth-order valence-electron chi connectivity index (χ4n) is 2.22. The van der Waals surface area contributed by atoms with E-state index in [2.05, 4.69) is 5.10 Å². The number of aryl methyl sites for hydroxylation is 2. The van der Waals surface area contributed by atoms with Gasteiger partial charge in [0.05, 0.1) is 19.2 Å². The van der Waals surface area contributed by atoms with Crippen molar-refractivity contribution in [3.8, 4) is 0 Å². The second kappa shape index (κ2) is 4.04. The van der Waals surface area contributed by atoms with E-state index in [1.165, 1.54) is 18.4 Å². The molecule has 0 bridgehead atoms. The molecule has 0 aliphatic heterocycles. The molecule has 4 nitrogen and oxygen atoms in total. The Bertz CT molecular complexity index is 371. The Morgan fingerprint density at radius 1 is 1.67 bits per heavy atom. The first-order chi connectivity index (χ1) is 7.22. The van der Waals surface area contributed by atoms with Crippen molar-refractivity contribution in [3.63, 3.8) is 0 Å². The van der Waals surface area contributed by atoms with E-state index >= 15 is 0 Å². The van der Waals surface area contributed by atoms with Crippen LogP contribution in [0.4, 0.5) is 0 Å². The quantitative estimate of drug-likeness (QED) is 0.512. The molecule has 1 aliphatic carbocycles. The van der Waals surface area contributed by atoms with Gasteiger partial charge in [-0.25, -0.2) is 0 Å². The number of methoxy groups -OCH3 is 1. The van der Waals surface area contributed by atoms with Gasteiger partial charge in [-0.05, 0) is 24.8 Å². The van der Waals surface area contributed by atoms with Gasteiger partial charge in [-0.2, -0.15) is 5.10 Å². The van der Waals surface area contributed by atoms with Gasteiger partial charge < -0.3 is 4.74 Å². The zero-order valence-corrected chi connectivity index (χ0v) is 9.19. The molecule has 0 amide bonds. The molecule has 1 aromatic heterocycles. The highest BCUT2D eigenvalue weighted by atomic mass is 16.5. The summed E-state index contributed by atoms with van der Waals surface area (Å²) >= 11 is 0. The molecule has 82 valence electrons. The standard InChI is InChI=1S/C11H16N2O2/c1-13-10-6-8(11(14)15-2)4-3-5-9(10)7-12-13/h7-8H,3-6H2,1-2H3/t8-/m0/s1. The lowest BCUT2D eigenvalue weighted by atomic mass is 10.0. The van der Waals surface area contributed by atoms with Crippen LogP contribution >= 0.6 is 0 Å². The minimum atomic E-state index is -0.0935. The molecule has 0 N–H and O–H groups in total. The molecule has 0 fully saturated rings. The Morgan fingerprint density at radius 3 is 3.20 bits per heavy atom. The Kier molecular flexibility index (Phi) is 2.75. The Morgan fingerprint density at radius 2 is 2.47 bits per heavy atom. The predicted octanol–water partition coefficient (Wildman–Crippen LogP) is 1.09. The van der Waals surface area contributed by atoms with Crippen molar-refractivity contribution in [1.82, 2.24) is 9.78 Å². The third-order valence-corrected chi connectivity index (χ3v) is 3.12. The van der Waals surface area contributed by atoms with Gasteiger partial charge in [-0.3, -0.25) is 9.48 Å². The SMILES string of the molecule is COC(=O)[C@H]1CCCc2cnn(C)c2C1. The second-order valence-corrected chi connectivity index (χ2v) is 4.06. The molecule has 15 heavy (non-hydrogen) atoms. The van der Waals surface area contributed by atoms with E-state index in [4.69, 9.17) is 4.74 Å². The minimum Gasteiger partial charge on any atom is -0.469 e. The van der Waals surface area contributed by atoms with Crippen LogP contribution in [-0.4, -0.2) is 22.9 Å². The summed E-state index contributed by atoms with van der Waals surface area (Å²) in [6.07, 6.45) is 5.66. The highest BCUT2D eigenvalue weighted by Crippen LogP contribution is 2.24. The average molecular weight is 208 g/mol. The van der Waals surface area contributed by atoms with E-state index in [1.807, 2.05) is 17.9 Å². The molecular formula is C11H16N2O2. The summed E-state index contributed by atoms with van der Waals surface area (Å²) in [6, 6.07) is 0. The van der Waals surface area contributed by atoms with Crippen molar-refractivity contribution in [1.29, 1.82) is 0 Å². The third-order valence-electron chi connectivity index (χ3n) is 3.12. The third kappa shape index (κ3) is 1.89. The molecule has 0 unspecified atom stereocenters. The molecule has 0 saturated carbocycles. The first kappa shape index (κ1) is 10.2. The average Bonchev–Trinajstić information content (AvgIpc) is 2.50. The molecule has 0 spiro atoms. The van der Waals surface area contributed by atoms with Crippen LogP contribution in [0.15, 0.2) is 6.20 Å². The zero-order valence-electron chi connectivity index (χ0n) is 9.19. The number of ether oxygens (including phenoxy) is 1. The molecule has 0 radical (unpaired) electrons. The van der Waals surface area contributed by atoms with E-state index in [9.17, 15) is 4.79 Å². The number of fused-ring (bicyclic) bond motifs is 1. The first-order valence-electron chi connectivity index (χ1n) is 5.30. The predicted molar refractivity (Wildman–Crippen MR) is 55.4 cm³/mol. The summed E-state index contributed by atoms with van der Waals surface area (Å²) in [6.45, 7) is 0. The van der Waals surface area contributed by atoms with E-state index in [1.54, 1.807) is 0 Å². The van der Waals surface area contributed by atoms with Crippen LogP contribution in [0.5, 0.6) is 0 Å². The molecule has 1 heterocycles. The lowest BCUT2D eigenvalue weighted by Gasteiger charge is -2.11. The number of carbonyl (C=O) groups excluding carboxylic acids is 1. The fourth-order valence-corrected chi connectivity index (χ4v) is 2.22. The van der Waals surface area contributed by atoms with Gasteiger partial charge in [0.2, 0.25) is 0 Å². The van der Waals surface area contributed by atoms with Crippen LogP contribution < -0.4 is 0 Å². The number of nitrogens with zero attached hydrogens (tertiary/aromatic N) is 2. The maximum absolute atomic E-state index is 11.5. The molecular weight excluding hydrogens is 192 g/mol. The van der Waals surface area contributed by atoms with Gasteiger partial charge in [0.15, 0.2) is 0 Å². The van der Waals surface area contributed by atoms with Gasteiger partial charge in [0, 0.05) is 19.2 Å². The van der Waals surface area contributed by atoms with Gasteiger partial charge in [-0.15, -0.1) is 0 Å². The van der Waals surface area contributed by atoms with Crippen molar-refractivity contribution < 1.29 is 9.53 Å². The van der Waals surface area contributed by atoms with E-state index < -0.39 is 0 Å². The Labute approximate surface area is 89.2 Å². The van der Waals surface area contributed by atoms with Crippen molar-refractivity contribution in [2.24, 2.45) is 13.0 Å². The van der Waals surface area contributed by atoms with E-state index in [-0.39, 0.29) is 11.9 Å². The van der Waals surface area contributed by atoms with Crippen molar-refractivity contribution in [2.45, 2.75) is 25.7 Å². The number of hydrogen-bond acceptors (Lipinski definition) is 3. The topological polar surface area (TPSA) is 44.1 Å². The van der Waals surface area contributed by atoms with Crippen molar-refractivity contribution in [2.75, 3.05) is 7.11 Å². The van der Waals surface area contributed by atoms with E-state index in [0.717, 1.165) is 25.7 Å². The Balaban J connectivity index is 2.23. The summed E-state index contributed by atoms with van der Waals surface area (Å²) in [5.41, 5.74) is 2.46.